The molecule has 0 spiro atoms. The lowest BCUT2D eigenvalue weighted by Crippen LogP contribution is -2.47. The largest absolute Gasteiger partial charge is 0.378 e. The Kier molecular flexibility index (Phi) is 6.82. The Balaban J connectivity index is 1.63. The highest BCUT2D eigenvalue weighted by Gasteiger charge is 2.25. The van der Waals surface area contributed by atoms with E-state index in [0.717, 1.165) is 24.5 Å². The van der Waals surface area contributed by atoms with E-state index >= 15 is 0 Å². The van der Waals surface area contributed by atoms with Crippen molar-refractivity contribution in [3.05, 3.63) is 53.7 Å². The average Bonchev–Trinajstić information content (AvgIpc) is 2.73. The SMILES string of the molecule is Cc1ccc(C(=O)NC(C(=O)Nc2ccc(N3CCOCC3)nc2)C(C)C)cc1. The van der Waals surface area contributed by atoms with Gasteiger partial charge < -0.3 is 20.3 Å². The van der Waals surface area contributed by atoms with Gasteiger partial charge in [0.2, 0.25) is 5.91 Å². The molecule has 7 heteroatoms. The lowest BCUT2D eigenvalue weighted by molar-refractivity contribution is -0.118. The molecule has 1 aromatic carbocycles. The normalized spacial score (nSPS) is 15.1. The van der Waals surface area contributed by atoms with Crippen LogP contribution in [0.15, 0.2) is 42.6 Å². The number of amides is 2. The first-order valence-corrected chi connectivity index (χ1v) is 9.91. The van der Waals surface area contributed by atoms with Gasteiger partial charge in [-0.2, -0.15) is 0 Å². The predicted molar refractivity (Wildman–Crippen MR) is 113 cm³/mol. The van der Waals surface area contributed by atoms with Crippen molar-refractivity contribution in [3.8, 4) is 0 Å². The number of carbonyl (C=O) groups excluding carboxylic acids is 2. The zero-order chi connectivity index (χ0) is 20.8. The minimum atomic E-state index is -0.650. The Morgan fingerprint density at radius 1 is 1.07 bits per heavy atom. The predicted octanol–water partition coefficient (Wildman–Crippen LogP) is 2.62. The molecule has 7 nitrogen and oxygen atoms in total. The molecule has 0 bridgehead atoms. The van der Waals surface area contributed by atoms with Gasteiger partial charge in [-0.1, -0.05) is 31.5 Å². The number of carbonyl (C=O) groups is 2. The summed E-state index contributed by atoms with van der Waals surface area (Å²) in [5.41, 5.74) is 2.21. The van der Waals surface area contributed by atoms with E-state index in [1.54, 1.807) is 18.3 Å². The van der Waals surface area contributed by atoms with Crippen LogP contribution in [0.1, 0.15) is 29.8 Å². The topological polar surface area (TPSA) is 83.6 Å². The van der Waals surface area contributed by atoms with Crippen LogP contribution in [0.3, 0.4) is 0 Å². The Labute approximate surface area is 171 Å². The van der Waals surface area contributed by atoms with E-state index in [9.17, 15) is 9.59 Å². The molecule has 2 N–H and O–H groups in total. The molecule has 0 saturated carbocycles. The first kappa shape index (κ1) is 20.8. The third-order valence-corrected chi connectivity index (χ3v) is 4.90. The van der Waals surface area contributed by atoms with Crippen molar-refractivity contribution < 1.29 is 14.3 Å². The molecule has 1 fully saturated rings. The standard InChI is InChI=1S/C22H28N4O3/c1-15(2)20(25-21(27)17-6-4-16(3)5-7-17)22(28)24-18-8-9-19(23-14-18)26-10-12-29-13-11-26/h4-9,14-15,20H,10-13H2,1-3H3,(H,24,28)(H,25,27). The van der Waals surface area contributed by atoms with E-state index < -0.39 is 6.04 Å². The van der Waals surface area contributed by atoms with Gasteiger partial charge in [-0.3, -0.25) is 9.59 Å². The number of hydrogen-bond donors (Lipinski definition) is 2. The van der Waals surface area contributed by atoms with E-state index in [2.05, 4.69) is 20.5 Å². The Hall–Kier alpha value is -2.93. The second-order valence-corrected chi connectivity index (χ2v) is 7.55. The van der Waals surface area contributed by atoms with Crippen molar-refractivity contribution in [1.82, 2.24) is 10.3 Å². The van der Waals surface area contributed by atoms with Gasteiger partial charge >= 0.3 is 0 Å². The molecule has 0 aliphatic carbocycles. The van der Waals surface area contributed by atoms with Crippen LogP contribution < -0.4 is 15.5 Å². The number of pyridine rings is 1. The Bertz CT molecular complexity index is 828. The molecular weight excluding hydrogens is 368 g/mol. The summed E-state index contributed by atoms with van der Waals surface area (Å²) in [4.78, 5) is 31.9. The second-order valence-electron chi connectivity index (χ2n) is 7.55. The van der Waals surface area contributed by atoms with E-state index in [1.807, 2.05) is 45.0 Å². The lowest BCUT2D eigenvalue weighted by atomic mass is 10.0. The summed E-state index contributed by atoms with van der Waals surface area (Å²) in [7, 11) is 0. The number of anilines is 2. The molecule has 1 aliphatic rings. The van der Waals surface area contributed by atoms with Gasteiger partial charge in [0, 0.05) is 18.7 Å². The first-order valence-electron chi connectivity index (χ1n) is 9.91. The van der Waals surface area contributed by atoms with Crippen LogP contribution in [0.5, 0.6) is 0 Å². The summed E-state index contributed by atoms with van der Waals surface area (Å²) >= 11 is 0. The maximum atomic E-state index is 12.8. The molecule has 154 valence electrons. The maximum Gasteiger partial charge on any atom is 0.251 e. The molecule has 1 atom stereocenters. The van der Waals surface area contributed by atoms with Crippen molar-refractivity contribution in [2.24, 2.45) is 5.92 Å². The summed E-state index contributed by atoms with van der Waals surface area (Å²) in [6.45, 7) is 8.76. The summed E-state index contributed by atoms with van der Waals surface area (Å²) < 4.78 is 5.35. The number of ether oxygens (including phenoxy) is 1. The van der Waals surface area contributed by atoms with Crippen LogP contribution in [0, 0.1) is 12.8 Å². The number of aryl methyl sites for hydroxylation is 1. The number of aromatic nitrogens is 1. The zero-order valence-corrected chi connectivity index (χ0v) is 17.1. The fraction of sp³-hybridized carbons (Fsp3) is 0.409. The quantitative estimate of drug-likeness (QED) is 0.784. The molecule has 2 aromatic rings. The van der Waals surface area contributed by atoms with Gasteiger partial charge in [0.1, 0.15) is 11.9 Å². The van der Waals surface area contributed by atoms with Crippen LogP contribution in [-0.4, -0.2) is 49.1 Å². The highest BCUT2D eigenvalue weighted by Crippen LogP contribution is 2.16. The smallest absolute Gasteiger partial charge is 0.251 e. The minimum Gasteiger partial charge on any atom is -0.378 e. The minimum absolute atomic E-state index is 0.0648. The monoisotopic (exact) mass is 396 g/mol. The molecule has 1 aromatic heterocycles. The number of morpholine rings is 1. The zero-order valence-electron chi connectivity index (χ0n) is 17.1. The number of nitrogens with one attached hydrogen (secondary N) is 2. The van der Waals surface area contributed by atoms with Crippen LogP contribution in [-0.2, 0) is 9.53 Å². The van der Waals surface area contributed by atoms with Crippen molar-refractivity contribution in [1.29, 1.82) is 0 Å². The molecule has 3 rings (SSSR count). The van der Waals surface area contributed by atoms with Gasteiger partial charge in [-0.25, -0.2) is 4.98 Å². The van der Waals surface area contributed by atoms with Crippen LogP contribution in [0.4, 0.5) is 11.5 Å². The molecule has 1 aliphatic heterocycles. The van der Waals surface area contributed by atoms with Crippen molar-refractivity contribution >= 4 is 23.3 Å². The number of benzene rings is 1. The van der Waals surface area contributed by atoms with Crippen LogP contribution in [0.2, 0.25) is 0 Å². The van der Waals surface area contributed by atoms with Crippen molar-refractivity contribution in [3.63, 3.8) is 0 Å². The van der Waals surface area contributed by atoms with E-state index in [4.69, 9.17) is 4.74 Å². The molecule has 2 heterocycles. The fourth-order valence-electron chi connectivity index (χ4n) is 3.12. The molecule has 1 unspecified atom stereocenters. The Morgan fingerprint density at radius 2 is 1.76 bits per heavy atom. The molecule has 29 heavy (non-hydrogen) atoms. The number of hydrogen-bond acceptors (Lipinski definition) is 5. The fourth-order valence-corrected chi connectivity index (χ4v) is 3.12. The number of rotatable bonds is 6. The summed E-state index contributed by atoms with van der Waals surface area (Å²) in [5, 5.41) is 5.70. The Morgan fingerprint density at radius 3 is 2.34 bits per heavy atom. The highest BCUT2D eigenvalue weighted by atomic mass is 16.5. The average molecular weight is 396 g/mol. The second kappa shape index (κ2) is 9.52. The summed E-state index contributed by atoms with van der Waals surface area (Å²) in [6.07, 6.45) is 1.64. The van der Waals surface area contributed by atoms with Crippen molar-refractivity contribution in [2.75, 3.05) is 36.5 Å². The molecule has 0 radical (unpaired) electrons. The van der Waals surface area contributed by atoms with Gasteiger partial charge in [0.15, 0.2) is 0 Å². The molecular formula is C22H28N4O3. The molecule has 2 amide bonds. The molecule has 1 saturated heterocycles. The van der Waals surface area contributed by atoms with Gasteiger partial charge in [0.25, 0.3) is 5.91 Å². The van der Waals surface area contributed by atoms with Gasteiger partial charge in [-0.05, 0) is 37.1 Å². The van der Waals surface area contributed by atoms with Crippen LogP contribution >= 0.6 is 0 Å². The third kappa shape index (κ3) is 5.54. The summed E-state index contributed by atoms with van der Waals surface area (Å²) in [5.74, 6) is 0.269. The van der Waals surface area contributed by atoms with Crippen molar-refractivity contribution in [2.45, 2.75) is 26.8 Å². The van der Waals surface area contributed by atoms with E-state index in [0.29, 0.717) is 24.5 Å². The number of nitrogens with zero attached hydrogens (tertiary/aromatic N) is 2. The third-order valence-electron chi connectivity index (χ3n) is 4.90. The van der Waals surface area contributed by atoms with Gasteiger partial charge in [-0.15, -0.1) is 0 Å². The maximum absolute atomic E-state index is 12.8. The van der Waals surface area contributed by atoms with E-state index in [-0.39, 0.29) is 17.7 Å². The van der Waals surface area contributed by atoms with E-state index in [1.165, 1.54) is 0 Å². The van der Waals surface area contributed by atoms with Gasteiger partial charge in [0.05, 0.1) is 25.1 Å². The van der Waals surface area contributed by atoms with Crippen LogP contribution in [0.25, 0.3) is 0 Å². The summed E-state index contributed by atoms with van der Waals surface area (Å²) in [6, 6.07) is 10.3. The first-order chi connectivity index (χ1) is 13.9. The highest BCUT2D eigenvalue weighted by molar-refractivity contribution is 6.01. The lowest BCUT2D eigenvalue weighted by Gasteiger charge is -2.27.